The van der Waals surface area contributed by atoms with Crippen LogP contribution in [0.25, 0.3) is 0 Å². The van der Waals surface area contributed by atoms with Gasteiger partial charge in [-0.2, -0.15) is 0 Å². The largest absolute Gasteiger partial charge is 0.369 e. The lowest BCUT2D eigenvalue weighted by Crippen LogP contribution is -2.27. The van der Waals surface area contributed by atoms with Crippen LogP contribution in [-0.2, 0) is 4.79 Å². The van der Waals surface area contributed by atoms with Gasteiger partial charge in [0.25, 0.3) is 0 Å². The van der Waals surface area contributed by atoms with E-state index < -0.39 is 0 Å². The SMILES string of the molecule is CC1NC1CC1CCC[C@H]1C(N)=O. The predicted molar refractivity (Wildman–Crippen MR) is 51.0 cm³/mol. The maximum atomic E-state index is 11.1. The summed E-state index contributed by atoms with van der Waals surface area (Å²) < 4.78 is 0. The average Bonchev–Trinajstić information content (AvgIpc) is 2.62. The molecule has 1 aliphatic heterocycles. The zero-order valence-electron chi connectivity index (χ0n) is 8.12. The summed E-state index contributed by atoms with van der Waals surface area (Å²) in [4.78, 5) is 11.1. The molecule has 0 bridgehead atoms. The maximum Gasteiger partial charge on any atom is 0.220 e. The number of hydrogen-bond donors (Lipinski definition) is 2. The highest BCUT2D eigenvalue weighted by Crippen LogP contribution is 2.36. The van der Waals surface area contributed by atoms with Crippen molar-refractivity contribution in [1.29, 1.82) is 0 Å². The van der Waals surface area contributed by atoms with Crippen molar-refractivity contribution < 1.29 is 4.79 Å². The molecule has 0 aromatic rings. The summed E-state index contributed by atoms with van der Waals surface area (Å²) in [5.74, 6) is 0.630. The second-order valence-corrected chi connectivity index (χ2v) is 4.50. The van der Waals surface area contributed by atoms with Crippen LogP contribution in [0.1, 0.15) is 32.6 Å². The van der Waals surface area contributed by atoms with Crippen molar-refractivity contribution in [1.82, 2.24) is 5.32 Å². The first kappa shape index (κ1) is 9.00. The van der Waals surface area contributed by atoms with Gasteiger partial charge in [-0.25, -0.2) is 0 Å². The van der Waals surface area contributed by atoms with Crippen LogP contribution in [0.15, 0.2) is 0 Å². The minimum absolute atomic E-state index is 0.0872. The molecule has 0 aromatic heterocycles. The Morgan fingerprint density at radius 2 is 2.23 bits per heavy atom. The van der Waals surface area contributed by atoms with Gasteiger partial charge in [0.2, 0.25) is 5.91 Å². The third-order valence-corrected chi connectivity index (χ3v) is 3.55. The third-order valence-electron chi connectivity index (χ3n) is 3.55. The summed E-state index contributed by atoms with van der Waals surface area (Å²) in [6, 6.07) is 1.32. The van der Waals surface area contributed by atoms with Gasteiger partial charge in [0.05, 0.1) is 0 Å². The minimum Gasteiger partial charge on any atom is -0.369 e. The lowest BCUT2D eigenvalue weighted by Gasteiger charge is -2.15. The summed E-state index contributed by atoms with van der Waals surface area (Å²) in [6.45, 7) is 2.19. The number of nitrogens with two attached hydrogens (primary N) is 1. The van der Waals surface area contributed by atoms with E-state index >= 15 is 0 Å². The van der Waals surface area contributed by atoms with Crippen molar-refractivity contribution in [3.63, 3.8) is 0 Å². The third kappa shape index (κ3) is 1.85. The minimum atomic E-state index is -0.0872. The summed E-state index contributed by atoms with van der Waals surface area (Å²) in [5, 5.41) is 3.37. The van der Waals surface area contributed by atoms with Crippen molar-refractivity contribution in [3.05, 3.63) is 0 Å². The smallest absolute Gasteiger partial charge is 0.220 e. The van der Waals surface area contributed by atoms with Crippen molar-refractivity contribution in [2.24, 2.45) is 17.6 Å². The number of rotatable bonds is 3. The molecular formula is C10H18N2O. The predicted octanol–water partition coefficient (Wildman–Crippen LogP) is 0.638. The maximum absolute atomic E-state index is 11.1. The van der Waals surface area contributed by atoms with Gasteiger partial charge < -0.3 is 11.1 Å². The highest BCUT2D eigenvalue weighted by molar-refractivity contribution is 5.77. The number of carbonyl (C=O) groups excluding carboxylic acids is 1. The second-order valence-electron chi connectivity index (χ2n) is 4.50. The molecular weight excluding hydrogens is 164 g/mol. The van der Waals surface area contributed by atoms with E-state index in [2.05, 4.69) is 12.2 Å². The molecule has 0 spiro atoms. The first-order valence-electron chi connectivity index (χ1n) is 5.24. The molecule has 13 heavy (non-hydrogen) atoms. The first-order chi connectivity index (χ1) is 6.18. The van der Waals surface area contributed by atoms with Crippen LogP contribution < -0.4 is 11.1 Å². The van der Waals surface area contributed by atoms with E-state index in [1.165, 1.54) is 12.8 Å². The van der Waals surface area contributed by atoms with Crippen LogP contribution in [0.3, 0.4) is 0 Å². The number of amides is 1. The fourth-order valence-corrected chi connectivity index (χ4v) is 2.57. The van der Waals surface area contributed by atoms with E-state index in [9.17, 15) is 4.79 Å². The van der Waals surface area contributed by atoms with E-state index in [0.717, 1.165) is 12.8 Å². The van der Waals surface area contributed by atoms with Gasteiger partial charge in [-0.1, -0.05) is 6.42 Å². The molecule has 2 fully saturated rings. The van der Waals surface area contributed by atoms with Crippen LogP contribution in [-0.4, -0.2) is 18.0 Å². The Labute approximate surface area is 79.1 Å². The Kier molecular flexibility index (Phi) is 2.28. The topological polar surface area (TPSA) is 65.0 Å². The molecule has 3 N–H and O–H groups in total. The molecule has 1 saturated carbocycles. The zero-order chi connectivity index (χ0) is 9.42. The van der Waals surface area contributed by atoms with E-state index in [1.54, 1.807) is 0 Å². The van der Waals surface area contributed by atoms with Crippen LogP contribution in [0.2, 0.25) is 0 Å². The average molecular weight is 182 g/mol. The fourth-order valence-electron chi connectivity index (χ4n) is 2.57. The van der Waals surface area contributed by atoms with Crippen LogP contribution in [0, 0.1) is 11.8 Å². The molecule has 0 radical (unpaired) electrons. The molecule has 3 unspecified atom stereocenters. The van der Waals surface area contributed by atoms with Gasteiger partial charge in [0, 0.05) is 18.0 Å². The number of nitrogens with one attached hydrogen (secondary N) is 1. The van der Waals surface area contributed by atoms with Gasteiger partial charge in [-0.3, -0.25) is 4.79 Å². The Morgan fingerprint density at radius 1 is 1.54 bits per heavy atom. The first-order valence-corrected chi connectivity index (χ1v) is 5.24. The fraction of sp³-hybridized carbons (Fsp3) is 0.900. The quantitative estimate of drug-likeness (QED) is 0.629. The summed E-state index contributed by atoms with van der Waals surface area (Å²) >= 11 is 0. The van der Waals surface area contributed by atoms with Crippen molar-refractivity contribution >= 4 is 5.91 Å². The summed E-state index contributed by atoms with van der Waals surface area (Å²) in [5.41, 5.74) is 5.36. The molecule has 2 rings (SSSR count). The Morgan fingerprint density at radius 3 is 2.77 bits per heavy atom. The Bertz CT molecular complexity index is 217. The van der Waals surface area contributed by atoms with Gasteiger partial charge >= 0.3 is 0 Å². The van der Waals surface area contributed by atoms with Gasteiger partial charge in [0.15, 0.2) is 0 Å². The van der Waals surface area contributed by atoms with Gasteiger partial charge in [-0.05, 0) is 32.1 Å². The number of primary amides is 1. The molecule has 3 heteroatoms. The highest BCUT2D eigenvalue weighted by Gasteiger charge is 2.39. The van der Waals surface area contributed by atoms with E-state index in [-0.39, 0.29) is 11.8 Å². The number of carbonyl (C=O) groups is 1. The molecule has 1 aliphatic carbocycles. The molecule has 1 heterocycles. The number of hydrogen-bond acceptors (Lipinski definition) is 2. The standard InChI is InChI=1S/C10H18N2O/c1-6-9(12-6)5-7-3-2-4-8(7)10(11)13/h6-9,12H,2-5H2,1H3,(H2,11,13)/t6?,7?,8-,9?/m1/s1. The molecule has 3 nitrogen and oxygen atoms in total. The summed E-state index contributed by atoms with van der Waals surface area (Å²) in [6.07, 6.45) is 4.54. The van der Waals surface area contributed by atoms with E-state index in [4.69, 9.17) is 5.73 Å². The second kappa shape index (κ2) is 3.29. The van der Waals surface area contributed by atoms with E-state index in [1.807, 2.05) is 0 Å². The molecule has 2 aliphatic rings. The van der Waals surface area contributed by atoms with Crippen LogP contribution >= 0.6 is 0 Å². The molecule has 0 aromatic carbocycles. The molecule has 1 saturated heterocycles. The van der Waals surface area contributed by atoms with Crippen molar-refractivity contribution in [3.8, 4) is 0 Å². The molecule has 1 amide bonds. The monoisotopic (exact) mass is 182 g/mol. The van der Waals surface area contributed by atoms with E-state index in [0.29, 0.717) is 18.0 Å². The Hall–Kier alpha value is -0.570. The molecule has 4 atom stereocenters. The van der Waals surface area contributed by atoms with Crippen LogP contribution in [0.5, 0.6) is 0 Å². The summed E-state index contributed by atoms with van der Waals surface area (Å²) in [7, 11) is 0. The normalized spacial score (nSPS) is 43.5. The zero-order valence-corrected chi connectivity index (χ0v) is 8.12. The van der Waals surface area contributed by atoms with Gasteiger partial charge in [-0.15, -0.1) is 0 Å². The lowest BCUT2D eigenvalue weighted by molar-refractivity contribution is -0.122. The Balaban J connectivity index is 1.86. The highest BCUT2D eigenvalue weighted by atomic mass is 16.1. The van der Waals surface area contributed by atoms with Crippen molar-refractivity contribution in [2.75, 3.05) is 0 Å². The molecule has 74 valence electrons. The van der Waals surface area contributed by atoms with Crippen molar-refractivity contribution in [2.45, 2.75) is 44.7 Å². The lowest BCUT2D eigenvalue weighted by atomic mass is 9.90. The van der Waals surface area contributed by atoms with Crippen LogP contribution in [0.4, 0.5) is 0 Å². The van der Waals surface area contributed by atoms with Gasteiger partial charge in [0.1, 0.15) is 0 Å².